The first-order valence-electron chi connectivity index (χ1n) is 9.07. The van der Waals surface area contributed by atoms with Crippen molar-refractivity contribution < 1.29 is 0 Å². The Balaban J connectivity index is 1.36. The van der Waals surface area contributed by atoms with Crippen molar-refractivity contribution in [3.05, 3.63) is 29.8 Å². The molecule has 0 saturated carbocycles. The smallest absolute Gasteiger partial charge is 0.0342 e. The Hall–Kier alpha value is -1.06. The van der Waals surface area contributed by atoms with Crippen molar-refractivity contribution in [1.29, 1.82) is 0 Å². The number of hydrogen-bond donors (Lipinski definition) is 1. The number of nitrogens with one attached hydrogen (secondary N) is 1. The Morgan fingerprint density at radius 1 is 0.864 bits per heavy atom. The summed E-state index contributed by atoms with van der Waals surface area (Å²) in [5.41, 5.74) is 2.61. The Kier molecular flexibility index (Phi) is 5.74. The standard InChI is InChI=1S/C19H31N3/c1-17-5-7-18(8-6-17)20-19-9-13-22(14-10-19)16-15-21-11-3-2-4-12-21/h5-8,19-20H,2-4,9-16H2,1H3. The van der Waals surface area contributed by atoms with Gasteiger partial charge in [-0.15, -0.1) is 0 Å². The highest BCUT2D eigenvalue weighted by atomic mass is 15.2. The van der Waals surface area contributed by atoms with Crippen LogP contribution >= 0.6 is 0 Å². The fourth-order valence-electron chi connectivity index (χ4n) is 3.65. The van der Waals surface area contributed by atoms with E-state index in [-0.39, 0.29) is 0 Å². The molecular weight excluding hydrogens is 270 g/mol. The van der Waals surface area contributed by atoms with Gasteiger partial charge in [-0.3, -0.25) is 0 Å². The van der Waals surface area contributed by atoms with Crippen LogP contribution < -0.4 is 5.32 Å². The van der Waals surface area contributed by atoms with Crippen molar-refractivity contribution in [3.8, 4) is 0 Å². The zero-order valence-electron chi connectivity index (χ0n) is 14.1. The number of aryl methyl sites for hydroxylation is 1. The summed E-state index contributed by atoms with van der Waals surface area (Å²) in [5, 5.41) is 3.70. The van der Waals surface area contributed by atoms with Crippen molar-refractivity contribution >= 4 is 5.69 Å². The summed E-state index contributed by atoms with van der Waals surface area (Å²) in [6.07, 6.45) is 6.79. The van der Waals surface area contributed by atoms with Gasteiger partial charge in [-0.2, -0.15) is 0 Å². The van der Waals surface area contributed by atoms with E-state index in [0.717, 1.165) is 0 Å². The van der Waals surface area contributed by atoms with Crippen molar-refractivity contribution in [1.82, 2.24) is 9.80 Å². The number of anilines is 1. The van der Waals surface area contributed by atoms with E-state index in [4.69, 9.17) is 0 Å². The molecule has 0 aliphatic carbocycles. The second-order valence-corrected chi connectivity index (χ2v) is 7.03. The summed E-state index contributed by atoms with van der Waals surface area (Å²) < 4.78 is 0. The Morgan fingerprint density at radius 2 is 1.45 bits per heavy atom. The molecule has 2 heterocycles. The molecule has 0 amide bonds. The number of benzene rings is 1. The fraction of sp³-hybridized carbons (Fsp3) is 0.684. The van der Waals surface area contributed by atoms with Crippen LogP contribution in [0.5, 0.6) is 0 Å². The number of piperidine rings is 2. The maximum Gasteiger partial charge on any atom is 0.0342 e. The van der Waals surface area contributed by atoms with Crippen LogP contribution in [0.4, 0.5) is 5.69 Å². The van der Waals surface area contributed by atoms with E-state index >= 15 is 0 Å². The summed E-state index contributed by atoms with van der Waals surface area (Å²) in [5.74, 6) is 0. The van der Waals surface area contributed by atoms with Gasteiger partial charge in [0.05, 0.1) is 0 Å². The van der Waals surface area contributed by atoms with Gasteiger partial charge in [0.15, 0.2) is 0 Å². The second kappa shape index (κ2) is 7.98. The molecular formula is C19H31N3. The van der Waals surface area contributed by atoms with E-state index in [1.54, 1.807) is 0 Å². The fourth-order valence-corrected chi connectivity index (χ4v) is 3.65. The number of rotatable bonds is 5. The van der Waals surface area contributed by atoms with Crippen LogP contribution in [0.1, 0.15) is 37.7 Å². The molecule has 3 nitrogen and oxygen atoms in total. The molecule has 0 aromatic heterocycles. The second-order valence-electron chi connectivity index (χ2n) is 7.03. The molecule has 0 bridgehead atoms. The molecule has 3 rings (SSSR count). The first-order chi connectivity index (χ1) is 10.8. The van der Waals surface area contributed by atoms with Gasteiger partial charge in [-0.05, 0) is 57.8 Å². The van der Waals surface area contributed by atoms with Gasteiger partial charge in [-0.1, -0.05) is 24.1 Å². The molecule has 2 aliphatic rings. The molecule has 3 heteroatoms. The molecule has 1 aromatic rings. The van der Waals surface area contributed by atoms with Crippen molar-refractivity contribution in [3.63, 3.8) is 0 Å². The molecule has 0 atom stereocenters. The quantitative estimate of drug-likeness (QED) is 0.899. The van der Waals surface area contributed by atoms with E-state index in [9.17, 15) is 0 Å². The third-order valence-electron chi connectivity index (χ3n) is 5.19. The topological polar surface area (TPSA) is 18.5 Å². The highest BCUT2D eigenvalue weighted by molar-refractivity contribution is 5.45. The van der Waals surface area contributed by atoms with E-state index < -0.39 is 0 Å². The summed E-state index contributed by atoms with van der Waals surface area (Å²) >= 11 is 0. The van der Waals surface area contributed by atoms with Crippen LogP contribution in [0.25, 0.3) is 0 Å². The number of hydrogen-bond acceptors (Lipinski definition) is 3. The summed E-state index contributed by atoms with van der Waals surface area (Å²) in [7, 11) is 0. The van der Waals surface area contributed by atoms with Crippen LogP contribution in [0.2, 0.25) is 0 Å². The van der Waals surface area contributed by atoms with Gasteiger partial charge in [0.25, 0.3) is 0 Å². The average Bonchev–Trinajstić information content (AvgIpc) is 2.57. The maximum absolute atomic E-state index is 3.70. The Labute approximate surface area is 135 Å². The summed E-state index contributed by atoms with van der Waals surface area (Å²) in [4.78, 5) is 5.31. The lowest BCUT2D eigenvalue weighted by atomic mass is 10.0. The lowest BCUT2D eigenvalue weighted by Crippen LogP contribution is -2.43. The third-order valence-corrected chi connectivity index (χ3v) is 5.19. The van der Waals surface area contributed by atoms with Crippen molar-refractivity contribution in [2.75, 3.05) is 44.6 Å². The molecule has 0 spiro atoms. The van der Waals surface area contributed by atoms with E-state index in [1.165, 1.54) is 82.6 Å². The van der Waals surface area contributed by atoms with E-state index in [0.29, 0.717) is 6.04 Å². The van der Waals surface area contributed by atoms with Gasteiger partial charge in [0.1, 0.15) is 0 Å². The predicted octanol–water partition coefficient (Wildman–Crippen LogP) is 3.36. The zero-order chi connectivity index (χ0) is 15.2. The largest absolute Gasteiger partial charge is 0.382 e. The molecule has 2 fully saturated rings. The molecule has 0 radical (unpaired) electrons. The molecule has 2 aliphatic heterocycles. The third kappa shape index (κ3) is 4.72. The minimum atomic E-state index is 0.647. The molecule has 0 unspecified atom stereocenters. The van der Waals surface area contributed by atoms with Crippen LogP contribution in [-0.2, 0) is 0 Å². The molecule has 122 valence electrons. The van der Waals surface area contributed by atoms with Gasteiger partial charge in [-0.25, -0.2) is 0 Å². The highest BCUT2D eigenvalue weighted by Gasteiger charge is 2.19. The van der Waals surface area contributed by atoms with Crippen LogP contribution in [0.15, 0.2) is 24.3 Å². The van der Waals surface area contributed by atoms with Gasteiger partial charge in [0, 0.05) is 37.9 Å². The monoisotopic (exact) mass is 301 g/mol. The lowest BCUT2D eigenvalue weighted by molar-refractivity contribution is 0.162. The van der Waals surface area contributed by atoms with Gasteiger partial charge in [0.2, 0.25) is 0 Å². The Bertz CT molecular complexity index is 428. The lowest BCUT2D eigenvalue weighted by Gasteiger charge is -2.35. The first kappa shape index (κ1) is 15.8. The highest BCUT2D eigenvalue weighted by Crippen LogP contribution is 2.17. The minimum absolute atomic E-state index is 0.647. The SMILES string of the molecule is Cc1ccc(NC2CCN(CCN3CCCCC3)CC2)cc1. The summed E-state index contributed by atoms with van der Waals surface area (Å²) in [6.45, 7) is 9.82. The summed E-state index contributed by atoms with van der Waals surface area (Å²) in [6, 6.07) is 9.44. The molecule has 1 N–H and O–H groups in total. The van der Waals surface area contributed by atoms with E-state index in [1.807, 2.05) is 0 Å². The molecule has 1 aromatic carbocycles. The van der Waals surface area contributed by atoms with Crippen LogP contribution in [0, 0.1) is 6.92 Å². The maximum atomic E-state index is 3.70. The van der Waals surface area contributed by atoms with Gasteiger partial charge >= 0.3 is 0 Å². The van der Waals surface area contributed by atoms with Crippen LogP contribution in [0.3, 0.4) is 0 Å². The average molecular weight is 301 g/mol. The molecule has 2 saturated heterocycles. The molecule has 22 heavy (non-hydrogen) atoms. The predicted molar refractivity (Wildman–Crippen MR) is 94.6 cm³/mol. The number of likely N-dealkylation sites (tertiary alicyclic amines) is 2. The van der Waals surface area contributed by atoms with Crippen molar-refractivity contribution in [2.45, 2.75) is 45.1 Å². The van der Waals surface area contributed by atoms with Crippen LogP contribution in [-0.4, -0.2) is 55.1 Å². The normalized spacial score (nSPS) is 21.9. The minimum Gasteiger partial charge on any atom is -0.382 e. The first-order valence-corrected chi connectivity index (χ1v) is 9.07. The van der Waals surface area contributed by atoms with Gasteiger partial charge < -0.3 is 15.1 Å². The Morgan fingerprint density at radius 3 is 2.09 bits per heavy atom. The zero-order valence-corrected chi connectivity index (χ0v) is 14.1. The number of nitrogens with zero attached hydrogens (tertiary/aromatic N) is 2. The van der Waals surface area contributed by atoms with E-state index in [2.05, 4.69) is 46.3 Å². The van der Waals surface area contributed by atoms with Crippen molar-refractivity contribution in [2.24, 2.45) is 0 Å².